The molecule has 0 heterocycles. The molecule has 0 aliphatic carbocycles. The maximum absolute atomic E-state index is 10.5. The minimum Gasteiger partial charge on any atom is -0.409 e. The minimum absolute atomic E-state index is 0.694. The molecule has 0 aromatic rings. The van der Waals surface area contributed by atoms with E-state index in [2.05, 4.69) is 13.8 Å². The predicted molar refractivity (Wildman–Crippen MR) is 64.1 cm³/mol. The lowest BCUT2D eigenvalue weighted by Gasteiger charge is -2.04. The molecule has 0 saturated carbocycles. The fraction of sp³-hybridized carbons (Fsp3) is 0.750. The van der Waals surface area contributed by atoms with Crippen LogP contribution in [0.5, 0.6) is 0 Å². The molecule has 13 heavy (non-hydrogen) atoms. The van der Waals surface area contributed by atoms with Crippen LogP contribution < -0.4 is 0 Å². The predicted octanol–water partition coefficient (Wildman–Crippen LogP) is 2.99. The molecule has 0 saturated heterocycles. The Morgan fingerprint density at radius 2 is 2.31 bits per heavy atom. The van der Waals surface area contributed by atoms with E-state index in [-0.39, 0.29) is 0 Å². The molecule has 2 atom stereocenters. The van der Waals surface area contributed by atoms with Crippen molar-refractivity contribution in [3.05, 3.63) is 12.3 Å². The summed E-state index contributed by atoms with van der Waals surface area (Å²) in [4.78, 5) is 0. The fourth-order valence-electron chi connectivity index (χ4n) is 0.420. The average Bonchev–Trinajstić information content (AvgIpc) is 2.10. The zero-order chi connectivity index (χ0) is 10.1. The van der Waals surface area contributed by atoms with Gasteiger partial charge in [0.15, 0.2) is 0 Å². The van der Waals surface area contributed by atoms with Crippen LogP contribution in [0.3, 0.4) is 0 Å². The van der Waals surface area contributed by atoms with Gasteiger partial charge in [-0.1, -0.05) is 35.4 Å². The highest BCUT2D eigenvalue weighted by atomic mass is 33.1. The number of rotatable bonds is 7. The van der Waals surface area contributed by atoms with Gasteiger partial charge in [0.05, 0.1) is 0 Å². The zero-order valence-electron chi connectivity index (χ0n) is 8.19. The summed E-state index contributed by atoms with van der Waals surface area (Å²) < 4.78 is 15.2. The van der Waals surface area contributed by atoms with Gasteiger partial charge in [-0.2, -0.15) is 0 Å². The summed E-state index contributed by atoms with van der Waals surface area (Å²) in [5.41, 5.74) is 0. The summed E-state index contributed by atoms with van der Waals surface area (Å²) in [5, 5.41) is 0.694. The van der Waals surface area contributed by atoms with E-state index < -0.39 is 11.1 Å². The second-order valence-electron chi connectivity index (χ2n) is 2.47. The molecule has 0 bridgehead atoms. The third kappa shape index (κ3) is 10.3. The smallest absolute Gasteiger partial charge is 0.202 e. The van der Waals surface area contributed by atoms with Crippen molar-refractivity contribution in [1.29, 1.82) is 0 Å². The van der Waals surface area contributed by atoms with E-state index in [1.54, 1.807) is 10.8 Å². The largest absolute Gasteiger partial charge is 0.409 e. The molecule has 0 unspecified atom stereocenters. The highest BCUT2D eigenvalue weighted by Crippen LogP contribution is 2.27. The normalized spacial score (nSPS) is 15.9. The molecule has 0 rings (SSSR count). The Morgan fingerprint density at radius 1 is 1.62 bits per heavy atom. The Hall–Kier alpha value is 0.390. The van der Waals surface area contributed by atoms with Crippen LogP contribution in [0.2, 0.25) is 0 Å². The molecule has 0 aromatic heterocycles. The highest BCUT2D eigenvalue weighted by molar-refractivity contribution is 8.77. The molecule has 2 nitrogen and oxygen atoms in total. The molecule has 0 fully saturated rings. The molecule has 0 aromatic carbocycles. The van der Waals surface area contributed by atoms with Crippen molar-refractivity contribution >= 4 is 32.7 Å². The zero-order valence-corrected chi connectivity index (χ0v) is 10.6. The van der Waals surface area contributed by atoms with E-state index in [1.807, 2.05) is 16.9 Å². The number of hydrogen-bond donors (Lipinski definition) is 0. The molecule has 5 heteroatoms. The van der Waals surface area contributed by atoms with Crippen molar-refractivity contribution in [1.82, 2.24) is 0 Å². The topological polar surface area (TPSA) is 26.3 Å². The third-order valence-corrected chi connectivity index (χ3v) is 4.57. The molecule has 0 N–H and O–H groups in total. The van der Waals surface area contributed by atoms with Gasteiger partial charge in [-0.05, 0) is 12.5 Å². The van der Waals surface area contributed by atoms with Gasteiger partial charge in [-0.15, -0.1) is 0 Å². The van der Waals surface area contributed by atoms with Crippen molar-refractivity contribution < 1.29 is 8.39 Å². The summed E-state index contributed by atoms with van der Waals surface area (Å²) >= 11 is -1.18. The summed E-state index contributed by atoms with van der Waals surface area (Å²) in [5.74, 6) is 0.895. The van der Waals surface area contributed by atoms with Crippen molar-refractivity contribution in [2.45, 2.75) is 25.5 Å². The van der Waals surface area contributed by atoms with Crippen LogP contribution in [0.25, 0.3) is 0 Å². The minimum atomic E-state index is -1.18. The Balaban J connectivity index is 3.25. The first-order chi connectivity index (χ1) is 6.16. The van der Waals surface area contributed by atoms with Gasteiger partial charge >= 0.3 is 0 Å². The SMILES string of the molecule is CC[C@H](C)SSC/C=C\O[S@@](C)=O. The van der Waals surface area contributed by atoms with Gasteiger partial charge in [-0.3, -0.25) is 0 Å². The quantitative estimate of drug-likeness (QED) is 0.388. The van der Waals surface area contributed by atoms with Crippen LogP contribution in [-0.2, 0) is 15.3 Å². The molecule has 0 spiro atoms. The van der Waals surface area contributed by atoms with Crippen LogP contribution in [-0.4, -0.2) is 21.5 Å². The summed E-state index contributed by atoms with van der Waals surface area (Å²) in [6.07, 6.45) is 6.07. The van der Waals surface area contributed by atoms with E-state index >= 15 is 0 Å². The van der Waals surface area contributed by atoms with Crippen molar-refractivity contribution in [2.75, 3.05) is 12.0 Å². The van der Waals surface area contributed by atoms with E-state index in [4.69, 9.17) is 4.18 Å². The second kappa shape index (κ2) is 8.97. The molecule has 0 radical (unpaired) electrons. The van der Waals surface area contributed by atoms with Crippen LogP contribution >= 0.6 is 21.6 Å². The first-order valence-electron chi connectivity index (χ1n) is 4.10. The van der Waals surface area contributed by atoms with Gasteiger partial charge in [0.25, 0.3) is 0 Å². The number of hydrogen-bond acceptors (Lipinski definition) is 4. The Bertz CT molecular complexity index is 171. The molecule has 0 aliphatic heterocycles. The van der Waals surface area contributed by atoms with Gasteiger partial charge in [0.2, 0.25) is 11.1 Å². The molecular weight excluding hydrogens is 224 g/mol. The van der Waals surface area contributed by atoms with Gasteiger partial charge < -0.3 is 4.18 Å². The van der Waals surface area contributed by atoms with Gasteiger partial charge in [-0.25, -0.2) is 4.21 Å². The van der Waals surface area contributed by atoms with Gasteiger partial charge in [0, 0.05) is 17.3 Å². The van der Waals surface area contributed by atoms with E-state index in [0.29, 0.717) is 5.25 Å². The lowest BCUT2D eigenvalue weighted by Crippen LogP contribution is -1.88. The van der Waals surface area contributed by atoms with Crippen LogP contribution in [0.1, 0.15) is 20.3 Å². The monoisotopic (exact) mass is 240 g/mol. The fourth-order valence-corrected chi connectivity index (χ4v) is 2.84. The van der Waals surface area contributed by atoms with E-state index in [9.17, 15) is 4.21 Å². The average molecular weight is 240 g/mol. The summed E-state index contributed by atoms with van der Waals surface area (Å²) in [6.45, 7) is 4.39. The highest BCUT2D eigenvalue weighted by Gasteiger charge is 1.97. The standard InChI is InChI=1S/C8H16O2S3/c1-4-8(2)12-11-7-5-6-10-13(3)9/h5-6,8H,4,7H2,1-3H3/b6-5-/t8-,13-/m0/s1. The van der Waals surface area contributed by atoms with Crippen molar-refractivity contribution in [3.8, 4) is 0 Å². The molecule has 0 amide bonds. The summed E-state index contributed by atoms with van der Waals surface area (Å²) in [7, 11) is 3.66. The maximum atomic E-state index is 10.5. The molecular formula is C8H16O2S3. The van der Waals surface area contributed by atoms with Crippen LogP contribution in [0, 0.1) is 0 Å². The van der Waals surface area contributed by atoms with E-state index in [1.165, 1.54) is 18.9 Å². The first kappa shape index (κ1) is 13.4. The second-order valence-corrected chi connectivity index (χ2v) is 6.31. The van der Waals surface area contributed by atoms with Gasteiger partial charge in [0.1, 0.15) is 6.26 Å². The maximum Gasteiger partial charge on any atom is 0.202 e. The van der Waals surface area contributed by atoms with Crippen molar-refractivity contribution in [2.24, 2.45) is 0 Å². The Labute approximate surface area is 90.9 Å². The first-order valence-corrected chi connectivity index (χ1v) is 7.97. The Morgan fingerprint density at radius 3 is 2.85 bits per heavy atom. The van der Waals surface area contributed by atoms with E-state index in [0.717, 1.165) is 5.75 Å². The molecule has 78 valence electrons. The van der Waals surface area contributed by atoms with Crippen LogP contribution in [0.15, 0.2) is 12.3 Å². The Kier molecular flexibility index (Phi) is 9.23. The van der Waals surface area contributed by atoms with Crippen molar-refractivity contribution in [3.63, 3.8) is 0 Å². The third-order valence-electron chi connectivity index (χ3n) is 1.26. The van der Waals surface area contributed by atoms with Crippen LogP contribution in [0.4, 0.5) is 0 Å². The lowest BCUT2D eigenvalue weighted by atomic mass is 10.4. The summed E-state index contributed by atoms with van der Waals surface area (Å²) in [6, 6.07) is 0. The molecule has 0 aliphatic rings. The lowest BCUT2D eigenvalue weighted by molar-refractivity contribution is 0.510.